The molecule has 37 heavy (non-hydrogen) atoms. The maximum atomic E-state index is 13.2. The lowest BCUT2D eigenvalue weighted by atomic mass is 9.95. The number of aromatic amines is 1. The van der Waals surface area contributed by atoms with E-state index < -0.39 is 0 Å². The molecule has 0 spiro atoms. The number of pyridine rings is 1. The molecule has 1 saturated carbocycles. The van der Waals surface area contributed by atoms with Crippen LogP contribution in [0.2, 0.25) is 0 Å². The molecule has 1 aliphatic carbocycles. The summed E-state index contributed by atoms with van der Waals surface area (Å²) in [6.45, 7) is 4.14. The minimum absolute atomic E-state index is 0.0263. The zero-order valence-corrected chi connectivity index (χ0v) is 22.1. The standard InChI is InChI=1S/C27H38N6O4/c1-4-23(26-29-30-31-33(26)20-9-6-5-7-10-20)32(17-21-11-8-12-37-21)16-19-13-18-14-24(35-2)25(36-3)15-22(18)28-27(19)34/h13-15,20-21,23H,4-12,16-17H2,1-3H3,(H,28,34)/t21-,23+/m0/s1. The molecule has 1 saturated heterocycles. The Balaban J connectivity index is 1.49. The lowest BCUT2D eigenvalue weighted by Gasteiger charge is -2.33. The highest BCUT2D eigenvalue weighted by molar-refractivity contribution is 5.83. The molecule has 200 valence electrons. The summed E-state index contributed by atoms with van der Waals surface area (Å²) in [5, 5.41) is 13.9. The molecule has 2 fully saturated rings. The topological polar surface area (TPSA) is 107 Å². The van der Waals surface area contributed by atoms with Crippen molar-refractivity contribution in [3.63, 3.8) is 0 Å². The van der Waals surface area contributed by atoms with Gasteiger partial charge in [-0.25, -0.2) is 4.68 Å². The monoisotopic (exact) mass is 510 g/mol. The Labute approximate surface area is 217 Å². The molecule has 3 aromatic rings. The van der Waals surface area contributed by atoms with Gasteiger partial charge in [0.2, 0.25) is 0 Å². The fraction of sp³-hybridized carbons (Fsp3) is 0.630. The lowest BCUT2D eigenvalue weighted by Crippen LogP contribution is -2.38. The smallest absolute Gasteiger partial charge is 0.252 e. The van der Waals surface area contributed by atoms with Crippen LogP contribution in [0, 0.1) is 0 Å². The predicted molar refractivity (Wildman–Crippen MR) is 140 cm³/mol. The van der Waals surface area contributed by atoms with E-state index in [9.17, 15) is 4.79 Å². The van der Waals surface area contributed by atoms with Crippen molar-refractivity contribution in [2.75, 3.05) is 27.4 Å². The Hall–Kier alpha value is -2.98. The Bertz CT molecular complexity index is 1250. The van der Waals surface area contributed by atoms with Gasteiger partial charge in [0.15, 0.2) is 17.3 Å². The normalized spacial score (nSPS) is 19.5. The number of benzene rings is 1. The minimum atomic E-state index is -0.112. The number of aromatic nitrogens is 5. The Morgan fingerprint density at radius 1 is 1.11 bits per heavy atom. The summed E-state index contributed by atoms with van der Waals surface area (Å²) in [6.07, 6.45) is 8.96. The molecule has 1 aromatic carbocycles. The zero-order valence-electron chi connectivity index (χ0n) is 22.1. The first kappa shape index (κ1) is 25.7. The van der Waals surface area contributed by atoms with E-state index in [4.69, 9.17) is 14.2 Å². The Morgan fingerprint density at radius 2 is 1.89 bits per heavy atom. The fourth-order valence-electron chi connectivity index (χ4n) is 5.88. The van der Waals surface area contributed by atoms with Gasteiger partial charge in [0.25, 0.3) is 5.56 Å². The molecule has 2 aliphatic rings. The van der Waals surface area contributed by atoms with E-state index in [0.29, 0.717) is 35.2 Å². The van der Waals surface area contributed by atoms with Crippen LogP contribution in [-0.4, -0.2) is 63.6 Å². The van der Waals surface area contributed by atoms with Crippen LogP contribution in [0.15, 0.2) is 23.0 Å². The molecule has 5 rings (SSSR count). The third-order valence-electron chi connectivity index (χ3n) is 7.83. The van der Waals surface area contributed by atoms with E-state index in [2.05, 4.69) is 37.0 Å². The molecule has 3 heterocycles. The summed E-state index contributed by atoms with van der Waals surface area (Å²) >= 11 is 0. The zero-order chi connectivity index (χ0) is 25.8. The largest absolute Gasteiger partial charge is 0.493 e. The molecule has 0 bridgehead atoms. The molecule has 10 heteroatoms. The highest BCUT2D eigenvalue weighted by Gasteiger charge is 2.31. The molecule has 1 N–H and O–H groups in total. The van der Waals surface area contributed by atoms with Crippen molar-refractivity contribution >= 4 is 10.9 Å². The maximum Gasteiger partial charge on any atom is 0.252 e. The van der Waals surface area contributed by atoms with Gasteiger partial charge in [-0.1, -0.05) is 26.2 Å². The van der Waals surface area contributed by atoms with Crippen molar-refractivity contribution in [2.24, 2.45) is 0 Å². The number of fused-ring (bicyclic) bond motifs is 1. The highest BCUT2D eigenvalue weighted by Crippen LogP contribution is 2.34. The summed E-state index contributed by atoms with van der Waals surface area (Å²) in [5.41, 5.74) is 1.29. The number of nitrogens with one attached hydrogen (secondary N) is 1. The minimum Gasteiger partial charge on any atom is -0.493 e. The summed E-state index contributed by atoms with van der Waals surface area (Å²) in [7, 11) is 3.20. The van der Waals surface area contributed by atoms with E-state index >= 15 is 0 Å². The molecular weight excluding hydrogens is 472 g/mol. The van der Waals surface area contributed by atoms with Crippen molar-refractivity contribution in [1.29, 1.82) is 0 Å². The number of H-pyrrole nitrogens is 1. The van der Waals surface area contributed by atoms with Gasteiger partial charge in [-0.3, -0.25) is 9.69 Å². The van der Waals surface area contributed by atoms with Crippen LogP contribution in [0.25, 0.3) is 10.9 Å². The second kappa shape index (κ2) is 11.6. The van der Waals surface area contributed by atoms with Crippen LogP contribution in [0.4, 0.5) is 0 Å². The van der Waals surface area contributed by atoms with Crippen LogP contribution in [-0.2, 0) is 11.3 Å². The lowest BCUT2D eigenvalue weighted by molar-refractivity contribution is 0.0481. The quantitative estimate of drug-likeness (QED) is 0.433. The number of methoxy groups -OCH3 is 2. The molecule has 2 atom stereocenters. The van der Waals surface area contributed by atoms with Crippen molar-refractivity contribution in [1.82, 2.24) is 30.1 Å². The fourth-order valence-corrected chi connectivity index (χ4v) is 5.88. The number of hydrogen-bond donors (Lipinski definition) is 1. The third kappa shape index (κ3) is 5.50. The van der Waals surface area contributed by atoms with Crippen molar-refractivity contribution in [2.45, 2.75) is 83.0 Å². The van der Waals surface area contributed by atoms with Crippen LogP contribution in [0.1, 0.15) is 81.8 Å². The predicted octanol–water partition coefficient (Wildman–Crippen LogP) is 4.17. The van der Waals surface area contributed by atoms with Gasteiger partial charge < -0.3 is 19.2 Å². The van der Waals surface area contributed by atoms with Crippen molar-refractivity contribution in [3.8, 4) is 11.5 Å². The molecular formula is C27H38N6O4. The van der Waals surface area contributed by atoms with Gasteiger partial charge in [0, 0.05) is 36.7 Å². The number of rotatable bonds is 10. The van der Waals surface area contributed by atoms with Gasteiger partial charge in [-0.05, 0) is 54.7 Å². The van der Waals surface area contributed by atoms with Crippen molar-refractivity contribution in [3.05, 3.63) is 39.9 Å². The molecule has 2 aromatic heterocycles. The summed E-state index contributed by atoms with van der Waals surface area (Å²) < 4.78 is 19.0. The van der Waals surface area contributed by atoms with Gasteiger partial charge in [0.1, 0.15) is 0 Å². The van der Waals surface area contributed by atoms with Gasteiger partial charge >= 0.3 is 0 Å². The number of ether oxygens (including phenoxy) is 3. The summed E-state index contributed by atoms with van der Waals surface area (Å²) in [4.78, 5) is 18.6. The second-order valence-corrected chi connectivity index (χ2v) is 10.2. The van der Waals surface area contributed by atoms with E-state index in [1.807, 2.05) is 12.1 Å². The molecule has 0 unspecified atom stereocenters. The van der Waals surface area contributed by atoms with Crippen molar-refractivity contribution < 1.29 is 14.2 Å². The SMILES string of the molecule is CC[C@H](c1nnnn1C1CCCCC1)N(Cc1cc2cc(OC)c(OC)cc2[nH]c1=O)C[C@@H]1CCCO1. The molecule has 10 nitrogen and oxygen atoms in total. The average Bonchev–Trinajstić information content (AvgIpc) is 3.62. The van der Waals surface area contributed by atoms with E-state index in [1.165, 1.54) is 19.3 Å². The first-order chi connectivity index (χ1) is 18.1. The van der Waals surface area contributed by atoms with E-state index in [0.717, 1.165) is 56.5 Å². The maximum absolute atomic E-state index is 13.2. The van der Waals surface area contributed by atoms with Gasteiger partial charge in [0.05, 0.1) is 37.9 Å². The van der Waals surface area contributed by atoms with Gasteiger partial charge in [-0.2, -0.15) is 0 Å². The van der Waals surface area contributed by atoms with E-state index in [1.54, 1.807) is 20.3 Å². The number of tetrazole rings is 1. The first-order valence-electron chi connectivity index (χ1n) is 13.5. The van der Waals surface area contributed by atoms with Crippen LogP contribution in [0.5, 0.6) is 11.5 Å². The van der Waals surface area contributed by atoms with Gasteiger partial charge in [-0.15, -0.1) is 5.10 Å². The number of hydrogen-bond acceptors (Lipinski definition) is 8. The third-order valence-corrected chi connectivity index (χ3v) is 7.83. The highest BCUT2D eigenvalue weighted by atomic mass is 16.5. The molecule has 0 radical (unpaired) electrons. The Kier molecular flexibility index (Phi) is 8.05. The van der Waals surface area contributed by atoms with Crippen LogP contribution >= 0.6 is 0 Å². The Morgan fingerprint density at radius 3 is 2.59 bits per heavy atom. The molecule has 0 amide bonds. The number of nitrogens with zero attached hydrogens (tertiary/aromatic N) is 5. The van der Waals surface area contributed by atoms with E-state index in [-0.39, 0.29) is 17.7 Å². The average molecular weight is 511 g/mol. The first-order valence-corrected chi connectivity index (χ1v) is 13.5. The summed E-state index contributed by atoms with van der Waals surface area (Å²) in [5.74, 6) is 2.09. The summed E-state index contributed by atoms with van der Waals surface area (Å²) in [6, 6.07) is 5.97. The van der Waals surface area contributed by atoms with Crippen LogP contribution < -0.4 is 15.0 Å². The molecule has 1 aliphatic heterocycles. The second-order valence-electron chi connectivity index (χ2n) is 10.2. The van der Waals surface area contributed by atoms with Crippen LogP contribution in [0.3, 0.4) is 0 Å².